The first-order chi connectivity index (χ1) is 11.5. The predicted octanol–water partition coefficient (Wildman–Crippen LogP) is 5.13. The summed E-state index contributed by atoms with van der Waals surface area (Å²) >= 11 is 12.0. The minimum atomic E-state index is -0.287. The van der Waals surface area contributed by atoms with Crippen LogP contribution in [0.1, 0.15) is 23.7 Å². The van der Waals surface area contributed by atoms with E-state index in [1.165, 1.54) is 0 Å². The summed E-state index contributed by atoms with van der Waals surface area (Å²) in [5, 5.41) is 5.87. The number of carbonyl (C=O) groups excluding carboxylic acids is 1. The van der Waals surface area contributed by atoms with Crippen molar-refractivity contribution in [2.45, 2.75) is 13.3 Å². The molecule has 1 amide bonds. The summed E-state index contributed by atoms with van der Waals surface area (Å²) < 4.78 is 7.23. The first-order valence-corrected chi connectivity index (χ1v) is 9.29. The molecule has 24 heavy (non-hydrogen) atoms. The molecule has 0 fully saturated rings. The Balaban J connectivity index is 1.98. The number of anilines is 1. The quantitative estimate of drug-likeness (QED) is 0.593. The molecule has 0 aliphatic rings. The number of amides is 1. The van der Waals surface area contributed by atoms with E-state index in [9.17, 15) is 4.79 Å². The molecular weight excluding hydrogens is 456 g/mol. The maximum Gasteiger partial charge on any atom is 0.257 e. The molecule has 2 aromatic carbocycles. The molecule has 0 saturated heterocycles. The van der Waals surface area contributed by atoms with Gasteiger partial charge in [0.25, 0.3) is 5.91 Å². The van der Waals surface area contributed by atoms with Crippen molar-refractivity contribution in [3.05, 3.63) is 57.0 Å². The zero-order chi connectivity index (χ0) is 17.5. The minimum Gasteiger partial charge on any atom is -0.492 e. The van der Waals surface area contributed by atoms with Crippen LogP contribution in [0.25, 0.3) is 0 Å². The highest BCUT2D eigenvalue weighted by Crippen LogP contribution is 2.26. The van der Waals surface area contributed by atoms with Gasteiger partial charge < -0.3 is 10.1 Å². The Labute approximate surface area is 163 Å². The van der Waals surface area contributed by atoms with Gasteiger partial charge in [-0.1, -0.05) is 28.9 Å². The van der Waals surface area contributed by atoms with E-state index in [0.717, 1.165) is 21.1 Å². The number of halogens is 2. The maximum absolute atomic E-state index is 12.3. The van der Waals surface area contributed by atoms with Crippen LogP contribution < -0.4 is 15.4 Å². The third kappa shape index (κ3) is 5.58. The van der Waals surface area contributed by atoms with Gasteiger partial charge in [-0.15, -0.1) is 0 Å². The molecule has 126 valence electrons. The second kappa shape index (κ2) is 9.15. The first kappa shape index (κ1) is 18.9. The number of hydrogen-bond acceptors (Lipinski definition) is 3. The van der Waals surface area contributed by atoms with Crippen LogP contribution in [0.3, 0.4) is 0 Å². The lowest BCUT2D eigenvalue weighted by Crippen LogP contribution is -2.34. The summed E-state index contributed by atoms with van der Waals surface area (Å²) in [4.78, 5) is 12.3. The van der Waals surface area contributed by atoms with Crippen LogP contribution in [0, 0.1) is 0 Å². The van der Waals surface area contributed by atoms with E-state index in [1.54, 1.807) is 18.2 Å². The van der Waals surface area contributed by atoms with Crippen LogP contribution in [-0.2, 0) is 0 Å². The number of rotatable bonds is 5. The normalized spacial score (nSPS) is 10.1. The molecule has 0 aliphatic heterocycles. The lowest BCUT2D eigenvalue weighted by atomic mass is 10.2. The van der Waals surface area contributed by atoms with E-state index in [-0.39, 0.29) is 11.0 Å². The number of hydrogen-bond donors (Lipinski definition) is 2. The van der Waals surface area contributed by atoms with Crippen molar-refractivity contribution in [1.29, 1.82) is 0 Å². The summed E-state index contributed by atoms with van der Waals surface area (Å²) in [5.41, 5.74) is 1.28. The van der Waals surface area contributed by atoms with E-state index in [2.05, 4.69) is 42.5 Å². The Bertz CT molecular complexity index is 753. The third-order valence-corrected chi connectivity index (χ3v) is 4.28. The summed E-state index contributed by atoms with van der Waals surface area (Å²) in [6.45, 7) is 2.67. The molecule has 7 heteroatoms. The lowest BCUT2D eigenvalue weighted by molar-refractivity contribution is 0.0977. The van der Waals surface area contributed by atoms with Crippen molar-refractivity contribution in [2.75, 3.05) is 11.9 Å². The van der Waals surface area contributed by atoms with Crippen molar-refractivity contribution in [2.24, 2.45) is 0 Å². The number of carbonyl (C=O) groups is 1. The fraction of sp³-hybridized carbons (Fsp3) is 0.176. The highest BCUT2D eigenvalue weighted by molar-refractivity contribution is 9.10. The molecule has 2 N–H and O–H groups in total. The molecule has 0 radical (unpaired) electrons. The Morgan fingerprint density at radius 1 is 1.21 bits per heavy atom. The molecule has 0 aromatic heterocycles. The first-order valence-electron chi connectivity index (χ1n) is 7.30. The summed E-state index contributed by atoms with van der Waals surface area (Å²) in [5.74, 6) is 0.425. The molecule has 0 heterocycles. The number of nitrogens with one attached hydrogen (secondary N) is 2. The summed E-state index contributed by atoms with van der Waals surface area (Å²) in [7, 11) is 0. The zero-order valence-corrected chi connectivity index (χ0v) is 16.9. The molecule has 0 atom stereocenters. The molecule has 4 nitrogen and oxygen atoms in total. The fourth-order valence-electron chi connectivity index (χ4n) is 1.88. The molecule has 0 spiro atoms. The van der Waals surface area contributed by atoms with Gasteiger partial charge in [0.1, 0.15) is 5.75 Å². The van der Waals surface area contributed by atoms with Gasteiger partial charge in [-0.05, 0) is 71.0 Å². The second-order valence-corrected chi connectivity index (χ2v) is 7.09. The van der Waals surface area contributed by atoms with Crippen LogP contribution in [0.4, 0.5) is 5.69 Å². The molecule has 2 rings (SSSR count). The Morgan fingerprint density at radius 3 is 2.67 bits per heavy atom. The van der Waals surface area contributed by atoms with E-state index >= 15 is 0 Å². The van der Waals surface area contributed by atoms with Crippen molar-refractivity contribution >= 4 is 60.8 Å². The van der Waals surface area contributed by atoms with E-state index < -0.39 is 0 Å². The van der Waals surface area contributed by atoms with Gasteiger partial charge in [0.05, 0.1) is 11.1 Å². The predicted molar refractivity (Wildman–Crippen MR) is 108 cm³/mol. The van der Waals surface area contributed by atoms with Crippen molar-refractivity contribution < 1.29 is 9.53 Å². The zero-order valence-electron chi connectivity index (χ0n) is 12.9. The molecule has 0 unspecified atom stereocenters. The third-order valence-electron chi connectivity index (χ3n) is 2.97. The molecule has 0 aliphatic carbocycles. The monoisotopic (exact) mass is 470 g/mol. The van der Waals surface area contributed by atoms with Crippen molar-refractivity contribution in [1.82, 2.24) is 5.32 Å². The lowest BCUT2D eigenvalue weighted by Gasteiger charge is -2.11. The van der Waals surface area contributed by atoms with Crippen LogP contribution in [0.15, 0.2) is 51.4 Å². The van der Waals surface area contributed by atoms with Gasteiger partial charge in [-0.3, -0.25) is 10.1 Å². The summed E-state index contributed by atoms with van der Waals surface area (Å²) in [6, 6.07) is 12.7. The topological polar surface area (TPSA) is 50.4 Å². The van der Waals surface area contributed by atoms with E-state index in [4.69, 9.17) is 17.0 Å². The molecule has 2 aromatic rings. The van der Waals surface area contributed by atoms with Crippen molar-refractivity contribution in [3.8, 4) is 5.75 Å². The number of thiocarbonyl (C=S) groups is 1. The van der Waals surface area contributed by atoms with Gasteiger partial charge in [0, 0.05) is 15.7 Å². The van der Waals surface area contributed by atoms with Gasteiger partial charge in [0.15, 0.2) is 5.11 Å². The van der Waals surface area contributed by atoms with Gasteiger partial charge in [-0.25, -0.2) is 0 Å². The standard InChI is InChI=1S/C17H16Br2N2O2S/c1-2-8-23-15-7-6-11(9-14(15)19)16(22)21-17(24)20-13-5-3-4-12(18)10-13/h3-7,9-10H,2,8H2,1H3,(H2,20,21,22,24). The van der Waals surface area contributed by atoms with Gasteiger partial charge >= 0.3 is 0 Å². The number of ether oxygens (including phenoxy) is 1. The Hall–Kier alpha value is -1.44. The smallest absolute Gasteiger partial charge is 0.257 e. The Morgan fingerprint density at radius 2 is 2.00 bits per heavy atom. The van der Waals surface area contributed by atoms with Crippen LogP contribution in [0.5, 0.6) is 5.75 Å². The van der Waals surface area contributed by atoms with Crippen LogP contribution in [-0.4, -0.2) is 17.6 Å². The highest BCUT2D eigenvalue weighted by Gasteiger charge is 2.11. The molecular formula is C17H16Br2N2O2S. The SMILES string of the molecule is CCCOc1ccc(C(=O)NC(=S)Nc2cccc(Br)c2)cc1Br. The minimum absolute atomic E-state index is 0.237. The highest BCUT2D eigenvalue weighted by atomic mass is 79.9. The van der Waals surface area contributed by atoms with Crippen LogP contribution in [0.2, 0.25) is 0 Å². The summed E-state index contributed by atoms with van der Waals surface area (Å²) in [6.07, 6.45) is 0.921. The van der Waals surface area contributed by atoms with E-state index in [0.29, 0.717) is 17.9 Å². The van der Waals surface area contributed by atoms with Gasteiger partial charge in [0.2, 0.25) is 0 Å². The average molecular weight is 472 g/mol. The second-order valence-electron chi connectivity index (χ2n) is 4.91. The number of benzene rings is 2. The maximum atomic E-state index is 12.3. The largest absolute Gasteiger partial charge is 0.492 e. The molecule has 0 saturated carbocycles. The Kier molecular flexibility index (Phi) is 7.20. The van der Waals surface area contributed by atoms with Crippen molar-refractivity contribution in [3.63, 3.8) is 0 Å². The van der Waals surface area contributed by atoms with Gasteiger partial charge in [-0.2, -0.15) is 0 Å². The van der Waals surface area contributed by atoms with E-state index in [1.807, 2.05) is 31.2 Å². The molecule has 0 bridgehead atoms. The van der Waals surface area contributed by atoms with Crippen LogP contribution >= 0.6 is 44.1 Å². The average Bonchev–Trinajstić information content (AvgIpc) is 2.53. The fourth-order valence-corrected chi connectivity index (χ4v) is 2.98.